The molecule has 0 spiro atoms. The summed E-state index contributed by atoms with van der Waals surface area (Å²) in [6.07, 6.45) is 0. The van der Waals surface area contributed by atoms with E-state index in [1.807, 2.05) is 0 Å². The summed E-state index contributed by atoms with van der Waals surface area (Å²) in [6, 6.07) is 2.41. The first-order valence-electron chi connectivity index (χ1n) is 4.19. The molecule has 0 aliphatic heterocycles. The molecular formula is C10H10ClFO2. The monoisotopic (exact) mass is 216 g/mol. The van der Waals surface area contributed by atoms with E-state index in [0.717, 1.165) is 6.07 Å². The first-order chi connectivity index (χ1) is 6.56. The Morgan fingerprint density at radius 2 is 2.21 bits per heavy atom. The van der Waals surface area contributed by atoms with E-state index in [0.29, 0.717) is 6.61 Å². The summed E-state index contributed by atoms with van der Waals surface area (Å²) in [4.78, 5) is 11.0. The van der Waals surface area contributed by atoms with Crippen molar-refractivity contribution in [3.63, 3.8) is 0 Å². The van der Waals surface area contributed by atoms with Crippen LogP contribution in [0.2, 0.25) is 5.02 Å². The molecule has 1 rings (SSSR count). The highest BCUT2D eigenvalue weighted by atomic mass is 35.5. The van der Waals surface area contributed by atoms with Gasteiger partial charge in [-0.2, -0.15) is 0 Å². The molecule has 76 valence electrons. The van der Waals surface area contributed by atoms with E-state index in [2.05, 4.69) is 0 Å². The van der Waals surface area contributed by atoms with Crippen molar-refractivity contribution in [2.75, 3.05) is 6.61 Å². The molecule has 0 unspecified atom stereocenters. The van der Waals surface area contributed by atoms with Crippen LogP contribution in [0.3, 0.4) is 0 Å². The third kappa shape index (κ3) is 2.23. The van der Waals surface area contributed by atoms with Gasteiger partial charge in [-0.3, -0.25) is 4.79 Å². The number of halogens is 2. The normalized spacial score (nSPS) is 10.0. The van der Waals surface area contributed by atoms with E-state index in [4.69, 9.17) is 16.3 Å². The van der Waals surface area contributed by atoms with Gasteiger partial charge in [-0.1, -0.05) is 11.6 Å². The van der Waals surface area contributed by atoms with E-state index >= 15 is 0 Å². The number of carbonyl (C=O) groups excluding carboxylic acids is 1. The molecule has 0 aliphatic rings. The van der Waals surface area contributed by atoms with Crippen molar-refractivity contribution in [1.29, 1.82) is 0 Å². The average Bonchev–Trinajstić information content (AvgIpc) is 2.10. The van der Waals surface area contributed by atoms with Gasteiger partial charge in [0.2, 0.25) is 0 Å². The molecule has 1 aromatic rings. The summed E-state index contributed by atoms with van der Waals surface area (Å²) in [5, 5.41) is 0.211. The van der Waals surface area contributed by atoms with E-state index < -0.39 is 5.82 Å². The Kier molecular flexibility index (Phi) is 3.47. The maximum Gasteiger partial charge on any atom is 0.165 e. The average molecular weight is 217 g/mol. The van der Waals surface area contributed by atoms with Gasteiger partial charge in [0.1, 0.15) is 0 Å². The lowest BCUT2D eigenvalue weighted by molar-refractivity contribution is 0.101. The molecule has 0 atom stereocenters. The Bertz CT molecular complexity index is 363. The van der Waals surface area contributed by atoms with Crippen molar-refractivity contribution in [3.05, 3.63) is 28.5 Å². The molecule has 2 nitrogen and oxygen atoms in total. The van der Waals surface area contributed by atoms with Crippen LogP contribution in [-0.4, -0.2) is 12.4 Å². The number of Topliss-reactive ketones (excluding diaryl/α,β-unsaturated/α-hetero) is 1. The lowest BCUT2D eigenvalue weighted by Crippen LogP contribution is -1.99. The van der Waals surface area contributed by atoms with Crippen LogP contribution in [0.1, 0.15) is 24.2 Å². The highest BCUT2D eigenvalue weighted by Gasteiger charge is 2.12. The first-order valence-corrected chi connectivity index (χ1v) is 4.56. The second-order valence-corrected chi connectivity index (χ2v) is 3.16. The van der Waals surface area contributed by atoms with Gasteiger partial charge in [-0.15, -0.1) is 0 Å². The molecule has 0 radical (unpaired) electrons. The molecule has 0 bridgehead atoms. The van der Waals surface area contributed by atoms with Gasteiger partial charge in [0.15, 0.2) is 17.3 Å². The lowest BCUT2D eigenvalue weighted by Gasteiger charge is -2.07. The minimum Gasteiger partial charge on any atom is -0.491 e. The number of rotatable bonds is 3. The summed E-state index contributed by atoms with van der Waals surface area (Å²) in [6.45, 7) is 3.43. The van der Waals surface area contributed by atoms with Crippen LogP contribution in [0.25, 0.3) is 0 Å². The molecule has 0 saturated heterocycles. The Labute approximate surface area is 86.6 Å². The predicted octanol–water partition coefficient (Wildman–Crippen LogP) is 3.08. The minimum absolute atomic E-state index is 0.0718. The van der Waals surface area contributed by atoms with E-state index in [1.54, 1.807) is 6.92 Å². The van der Waals surface area contributed by atoms with E-state index in [-0.39, 0.29) is 22.1 Å². The summed E-state index contributed by atoms with van der Waals surface area (Å²) >= 11 is 5.76. The van der Waals surface area contributed by atoms with Gasteiger partial charge < -0.3 is 4.74 Å². The lowest BCUT2D eigenvalue weighted by atomic mass is 10.1. The first kappa shape index (κ1) is 11.0. The maximum atomic E-state index is 13.2. The van der Waals surface area contributed by atoms with Gasteiger partial charge in [-0.05, 0) is 19.9 Å². The van der Waals surface area contributed by atoms with Crippen molar-refractivity contribution < 1.29 is 13.9 Å². The molecule has 0 aromatic heterocycles. The molecule has 0 N–H and O–H groups in total. The number of hydrogen-bond acceptors (Lipinski definition) is 2. The molecule has 0 amide bonds. The fraction of sp³-hybridized carbons (Fsp3) is 0.300. The largest absolute Gasteiger partial charge is 0.491 e. The standard InChI is InChI=1S/C10H10ClFO2/c1-3-14-10-5-8(11)7(6(2)13)4-9(10)12/h4-5H,3H2,1-2H3. The molecule has 0 fully saturated rings. The topological polar surface area (TPSA) is 26.3 Å². The number of ether oxygens (including phenoxy) is 1. The molecule has 0 aliphatic carbocycles. The molecule has 4 heteroatoms. The Balaban J connectivity index is 3.17. The van der Waals surface area contributed by atoms with Gasteiger partial charge in [0.05, 0.1) is 11.6 Å². The third-order valence-corrected chi connectivity index (χ3v) is 2.01. The van der Waals surface area contributed by atoms with Crippen LogP contribution in [0.4, 0.5) is 4.39 Å². The Morgan fingerprint density at radius 3 is 2.71 bits per heavy atom. The zero-order valence-electron chi connectivity index (χ0n) is 7.93. The smallest absolute Gasteiger partial charge is 0.165 e. The third-order valence-electron chi connectivity index (χ3n) is 1.70. The van der Waals surface area contributed by atoms with Crippen molar-refractivity contribution >= 4 is 17.4 Å². The van der Waals surface area contributed by atoms with Gasteiger partial charge >= 0.3 is 0 Å². The number of hydrogen-bond donors (Lipinski definition) is 0. The number of ketones is 1. The van der Waals surface area contributed by atoms with Crippen molar-refractivity contribution in [2.24, 2.45) is 0 Å². The highest BCUT2D eigenvalue weighted by molar-refractivity contribution is 6.34. The Hall–Kier alpha value is -1.09. The second-order valence-electron chi connectivity index (χ2n) is 2.75. The second kappa shape index (κ2) is 4.42. The van der Waals surface area contributed by atoms with Crippen LogP contribution in [-0.2, 0) is 0 Å². The maximum absolute atomic E-state index is 13.2. The van der Waals surface area contributed by atoms with Crippen molar-refractivity contribution in [3.8, 4) is 5.75 Å². The quantitative estimate of drug-likeness (QED) is 0.726. The van der Waals surface area contributed by atoms with Crippen LogP contribution in [0, 0.1) is 5.82 Å². The fourth-order valence-corrected chi connectivity index (χ4v) is 1.35. The van der Waals surface area contributed by atoms with E-state index in [9.17, 15) is 9.18 Å². The molecule has 0 saturated carbocycles. The van der Waals surface area contributed by atoms with Crippen LogP contribution in [0.15, 0.2) is 12.1 Å². The number of carbonyl (C=O) groups is 1. The molecule has 1 aromatic carbocycles. The minimum atomic E-state index is -0.568. The summed E-state index contributed by atoms with van der Waals surface area (Å²) in [7, 11) is 0. The SMILES string of the molecule is CCOc1cc(Cl)c(C(C)=O)cc1F. The molecule has 14 heavy (non-hydrogen) atoms. The zero-order chi connectivity index (χ0) is 10.7. The summed E-state index contributed by atoms with van der Waals surface area (Å²) < 4.78 is 18.2. The zero-order valence-corrected chi connectivity index (χ0v) is 8.69. The van der Waals surface area contributed by atoms with Crippen LogP contribution >= 0.6 is 11.6 Å². The fourth-order valence-electron chi connectivity index (χ4n) is 1.06. The molecular weight excluding hydrogens is 207 g/mol. The van der Waals surface area contributed by atoms with Gasteiger partial charge in [-0.25, -0.2) is 4.39 Å². The highest BCUT2D eigenvalue weighted by Crippen LogP contribution is 2.26. The van der Waals surface area contributed by atoms with Crippen molar-refractivity contribution in [2.45, 2.75) is 13.8 Å². The predicted molar refractivity (Wildman–Crippen MR) is 52.6 cm³/mol. The van der Waals surface area contributed by atoms with Gasteiger partial charge in [0.25, 0.3) is 0 Å². The summed E-state index contributed by atoms with van der Waals surface area (Å²) in [5.74, 6) is -0.763. The number of benzene rings is 1. The van der Waals surface area contributed by atoms with E-state index in [1.165, 1.54) is 13.0 Å². The van der Waals surface area contributed by atoms with Crippen molar-refractivity contribution in [1.82, 2.24) is 0 Å². The van der Waals surface area contributed by atoms with Crippen LogP contribution < -0.4 is 4.74 Å². The van der Waals surface area contributed by atoms with Gasteiger partial charge in [0, 0.05) is 11.6 Å². The van der Waals surface area contributed by atoms with Crippen LogP contribution in [0.5, 0.6) is 5.75 Å². The summed E-state index contributed by atoms with van der Waals surface area (Å²) in [5.41, 5.74) is 0.174. The molecule has 0 heterocycles. The Morgan fingerprint density at radius 1 is 1.57 bits per heavy atom.